The van der Waals surface area contributed by atoms with E-state index in [2.05, 4.69) is 4.98 Å². The number of nitrogens with zero attached hydrogens (tertiary/aromatic N) is 1. The molecule has 19 heavy (non-hydrogen) atoms. The summed E-state index contributed by atoms with van der Waals surface area (Å²) in [5, 5.41) is 1.13. The van der Waals surface area contributed by atoms with E-state index >= 15 is 0 Å². The zero-order chi connectivity index (χ0) is 13.4. The standard InChI is InChI=1S/C14H9Cl2NOS/c1-19-11-2-3-12-13(7-11)18-14(17-12)8-4-9(15)6-10(16)5-8/h2-7H,1H3. The third kappa shape index (κ3) is 2.59. The van der Waals surface area contributed by atoms with Gasteiger partial charge < -0.3 is 4.42 Å². The van der Waals surface area contributed by atoms with Crippen LogP contribution in [0.4, 0.5) is 0 Å². The van der Waals surface area contributed by atoms with Gasteiger partial charge >= 0.3 is 0 Å². The van der Waals surface area contributed by atoms with Crippen molar-refractivity contribution in [2.75, 3.05) is 6.26 Å². The van der Waals surface area contributed by atoms with E-state index in [1.807, 2.05) is 24.5 Å². The number of benzene rings is 2. The van der Waals surface area contributed by atoms with E-state index in [0.29, 0.717) is 15.9 Å². The second kappa shape index (κ2) is 5.08. The number of hydrogen-bond acceptors (Lipinski definition) is 3. The highest BCUT2D eigenvalue weighted by atomic mass is 35.5. The molecular formula is C14H9Cl2NOS. The maximum atomic E-state index is 5.99. The molecule has 3 aromatic rings. The molecule has 0 radical (unpaired) electrons. The fourth-order valence-corrected chi connectivity index (χ4v) is 2.79. The lowest BCUT2D eigenvalue weighted by molar-refractivity contribution is 0.619. The molecule has 1 heterocycles. The van der Waals surface area contributed by atoms with Gasteiger partial charge in [-0.1, -0.05) is 23.2 Å². The minimum absolute atomic E-state index is 0.526. The average molecular weight is 310 g/mol. The van der Waals surface area contributed by atoms with E-state index in [1.54, 1.807) is 30.0 Å². The van der Waals surface area contributed by atoms with Crippen molar-refractivity contribution in [2.45, 2.75) is 4.90 Å². The second-order valence-corrected chi connectivity index (χ2v) is 5.76. The van der Waals surface area contributed by atoms with E-state index in [0.717, 1.165) is 21.6 Å². The van der Waals surface area contributed by atoms with Crippen LogP contribution in [-0.4, -0.2) is 11.2 Å². The number of hydrogen-bond donors (Lipinski definition) is 0. The normalized spacial score (nSPS) is 11.1. The van der Waals surface area contributed by atoms with Crippen LogP contribution in [0.2, 0.25) is 10.0 Å². The summed E-state index contributed by atoms with van der Waals surface area (Å²) < 4.78 is 5.76. The Bertz CT molecular complexity index is 734. The molecule has 2 aromatic carbocycles. The molecule has 3 rings (SSSR count). The van der Waals surface area contributed by atoms with Crippen LogP contribution in [0.3, 0.4) is 0 Å². The first-order valence-corrected chi connectivity index (χ1v) is 7.55. The van der Waals surface area contributed by atoms with Gasteiger partial charge in [-0.3, -0.25) is 0 Å². The highest BCUT2D eigenvalue weighted by Crippen LogP contribution is 2.30. The van der Waals surface area contributed by atoms with Gasteiger partial charge in [-0.25, -0.2) is 4.98 Å². The van der Waals surface area contributed by atoms with Crippen molar-refractivity contribution in [3.63, 3.8) is 0 Å². The van der Waals surface area contributed by atoms with Crippen molar-refractivity contribution in [1.82, 2.24) is 4.98 Å². The van der Waals surface area contributed by atoms with E-state index in [1.165, 1.54) is 0 Å². The molecule has 0 saturated heterocycles. The van der Waals surface area contributed by atoms with Crippen molar-refractivity contribution in [1.29, 1.82) is 0 Å². The van der Waals surface area contributed by atoms with Crippen LogP contribution in [0.1, 0.15) is 0 Å². The minimum atomic E-state index is 0.526. The lowest BCUT2D eigenvalue weighted by Gasteiger charge is -1.97. The van der Waals surface area contributed by atoms with Crippen LogP contribution in [-0.2, 0) is 0 Å². The molecule has 0 unspecified atom stereocenters. The van der Waals surface area contributed by atoms with Crippen LogP contribution in [0.25, 0.3) is 22.6 Å². The molecule has 0 fully saturated rings. The predicted molar refractivity (Wildman–Crippen MR) is 81.2 cm³/mol. The number of aromatic nitrogens is 1. The molecule has 0 aliphatic carbocycles. The van der Waals surface area contributed by atoms with Gasteiger partial charge in [0, 0.05) is 20.5 Å². The van der Waals surface area contributed by atoms with Crippen LogP contribution >= 0.6 is 35.0 Å². The third-order valence-corrected chi connectivity index (χ3v) is 3.87. The molecule has 96 valence electrons. The largest absolute Gasteiger partial charge is 0.436 e. The Labute approximate surface area is 124 Å². The SMILES string of the molecule is CSc1ccc2nc(-c3cc(Cl)cc(Cl)c3)oc2c1. The molecular weight excluding hydrogens is 301 g/mol. The fourth-order valence-electron chi connectivity index (χ4n) is 1.83. The Morgan fingerprint density at radius 1 is 1.05 bits per heavy atom. The molecule has 0 spiro atoms. The zero-order valence-electron chi connectivity index (χ0n) is 9.98. The number of oxazole rings is 1. The van der Waals surface area contributed by atoms with Gasteiger partial charge in [-0.15, -0.1) is 11.8 Å². The van der Waals surface area contributed by atoms with E-state index < -0.39 is 0 Å². The quantitative estimate of drug-likeness (QED) is 0.583. The Morgan fingerprint density at radius 2 is 1.79 bits per heavy atom. The van der Waals surface area contributed by atoms with Crippen LogP contribution in [0.5, 0.6) is 0 Å². The van der Waals surface area contributed by atoms with Gasteiger partial charge in [0.2, 0.25) is 5.89 Å². The lowest BCUT2D eigenvalue weighted by Crippen LogP contribution is -1.77. The van der Waals surface area contributed by atoms with Gasteiger partial charge in [0.05, 0.1) is 0 Å². The summed E-state index contributed by atoms with van der Waals surface area (Å²) in [5.74, 6) is 0.526. The monoisotopic (exact) mass is 309 g/mol. The minimum Gasteiger partial charge on any atom is -0.436 e. The van der Waals surface area contributed by atoms with Crippen molar-refractivity contribution in [3.05, 3.63) is 46.4 Å². The molecule has 1 aromatic heterocycles. The Hall–Kier alpha value is -1.16. The lowest BCUT2D eigenvalue weighted by atomic mass is 10.2. The van der Waals surface area contributed by atoms with Gasteiger partial charge in [-0.2, -0.15) is 0 Å². The highest BCUT2D eigenvalue weighted by molar-refractivity contribution is 7.98. The smallest absolute Gasteiger partial charge is 0.227 e. The molecule has 0 aliphatic rings. The maximum absolute atomic E-state index is 5.99. The molecule has 0 atom stereocenters. The Kier molecular flexibility index (Phi) is 3.44. The third-order valence-electron chi connectivity index (χ3n) is 2.71. The molecule has 0 N–H and O–H groups in total. The topological polar surface area (TPSA) is 26.0 Å². The number of halogens is 2. The average Bonchev–Trinajstić information content (AvgIpc) is 2.80. The van der Waals surface area contributed by atoms with Crippen LogP contribution in [0, 0.1) is 0 Å². The zero-order valence-corrected chi connectivity index (χ0v) is 12.3. The van der Waals surface area contributed by atoms with Crippen LogP contribution in [0.15, 0.2) is 45.7 Å². The molecule has 5 heteroatoms. The summed E-state index contributed by atoms with van der Waals surface area (Å²) in [6.45, 7) is 0. The summed E-state index contributed by atoms with van der Waals surface area (Å²) >= 11 is 13.6. The number of rotatable bonds is 2. The first-order valence-electron chi connectivity index (χ1n) is 5.57. The van der Waals surface area contributed by atoms with Gasteiger partial charge in [-0.05, 0) is 42.7 Å². The summed E-state index contributed by atoms with van der Waals surface area (Å²) in [6.07, 6.45) is 2.02. The fraction of sp³-hybridized carbons (Fsp3) is 0.0714. The second-order valence-electron chi connectivity index (χ2n) is 4.01. The predicted octanol–water partition coefficient (Wildman–Crippen LogP) is 5.52. The Morgan fingerprint density at radius 3 is 2.47 bits per heavy atom. The van der Waals surface area contributed by atoms with E-state index in [-0.39, 0.29) is 0 Å². The van der Waals surface area contributed by atoms with Crippen molar-refractivity contribution >= 4 is 46.1 Å². The first kappa shape index (κ1) is 12.9. The van der Waals surface area contributed by atoms with Crippen molar-refractivity contribution in [2.24, 2.45) is 0 Å². The summed E-state index contributed by atoms with van der Waals surface area (Å²) in [7, 11) is 0. The van der Waals surface area contributed by atoms with Gasteiger partial charge in [0.25, 0.3) is 0 Å². The summed E-state index contributed by atoms with van der Waals surface area (Å²) in [6, 6.07) is 11.2. The molecule has 0 bridgehead atoms. The molecule has 2 nitrogen and oxygen atoms in total. The first-order chi connectivity index (χ1) is 9.15. The molecule has 0 aliphatic heterocycles. The van der Waals surface area contributed by atoms with E-state index in [9.17, 15) is 0 Å². The maximum Gasteiger partial charge on any atom is 0.227 e. The van der Waals surface area contributed by atoms with Crippen molar-refractivity contribution < 1.29 is 4.42 Å². The molecule has 0 amide bonds. The number of fused-ring (bicyclic) bond motifs is 1. The summed E-state index contributed by atoms with van der Waals surface area (Å²) in [4.78, 5) is 5.59. The Balaban J connectivity index is 2.14. The van der Waals surface area contributed by atoms with Gasteiger partial charge in [0.15, 0.2) is 5.58 Å². The highest BCUT2D eigenvalue weighted by Gasteiger charge is 2.10. The van der Waals surface area contributed by atoms with E-state index in [4.69, 9.17) is 27.6 Å². The number of thioether (sulfide) groups is 1. The van der Waals surface area contributed by atoms with Crippen LogP contribution < -0.4 is 0 Å². The van der Waals surface area contributed by atoms with Crippen molar-refractivity contribution in [3.8, 4) is 11.5 Å². The molecule has 0 saturated carbocycles. The van der Waals surface area contributed by atoms with Gasteiger partial charge in [0.1, 0.15) is 5.52 Å². The summed E-state index contributed by atoms with van der Waals surface area (Å²) in [5.41, 5.74) is 2.36.